The third-order valence-corrected chi connectivity index (χ3v) is 10.4. The quantitative estimate of drug-likeness (QED) is 0.0155. The molecule has 0 aliphatic heterocycles. The second-order valence-corrected chi connectivity index (χ2v) is 17.7. The first-order chi connectivity index (χ1) is 27.4. The molecular weight excluding hydrogens is 741 g/mol. The van der Waals surface area contributed by atoms with E-state index in [2.05, 4.69) is 32.1 Å². The fraction of sp³-hybridized carbons (Fsp3) is 0.783. The highest BCUT2D eigenvalue weighted by Gasteiger charge is 2.27. The number of nitrogens with zero attached hydrogens (tertiary/aromatic N) is 1. The molecule has 3 atom stereocenters. The number of aliphatic hydroxyl groups is 1. The van der Waals surface area contributed by atoms with Crippen LogP contribution in [0.25, 0.3) is 0 Å². The van der Waals surface area contributed by atoms with Crippen LogP contribution in [-0.4, -0.2) is 86.1 Å². The zero-order chi connectivity index (χ0) is 42.3. The Bertz CT molecular complexity index is 1130. The zero-order valence-electron chi connectivity index (χ0n) is 36.9. The summed E-state index contributed by atoms with van der Waals surface area (Å²) in [4.78, 5) is 35.4. The van der Waals surface area contributed by atoms with Crippen molar-refractivity contribution in [1.29, 1.82) is 0 Å². The smallest absolute Gasteiger partial charge is 0.462 e. The molecule has 0 bridgehead atoms. The van der Waals surface area contributed by atoms with Gasteiger partial charge in [-0.1, -0.05) is 165 Å². The number of phosphoric ester groups is 1. The first-order valence-corrected chi connectivity index (χ1v) is 24.0. The van der Waals surface area contributed by atoms with Gasteiger partial charge in [-0.3, -0.25) is 18.6 Å². The predicted octanol–water partition coefficient (Wildman–Crippen LogP) is 11.7. The average molecular weight is 827 g/mol. The van der Waals surface area contributed by atoms with E-state index in [9.17, 15) is 24.2 Å². The van der Waals surface area contributed by atoms with E-state index < -0.39 is 38.6 Å². The molecule has 2 N–H and O–H groups in total. The molecule has 0 amide bonds. The molecule has 0 aliphatic carbocycles. The molecule has 0 aromatic carbocycles. The van der Waals surface area contributed by atoms with Crippen molar-refractivity contribution in [2.45, 2.75) is 187 Å². The van der Waals surface area contributed by atoms with Gasteiger partial charge < -0.3 is 24.0 Å². The lowest BCUT2D eigenvalue weighted by atomic mass is 10.0. The van der Waals surface area contributed by atoms with Crippen LogP contribution in [0.1, 0.15) is 174 Å². The molecule has 11 heteroatoms. The maximum Gasteiger partial charge on any atom is 0.472 e. The summed E-state index contributed by atoms with van der Waals surface area (Å²) in [7, 11) is 1.40. The number of phosphoric acid groups is 1. The molecule has 0 aromatic rings. The average Bonchev–Trinajstić information content (AvgIpc) is 3.15. The molecular formula is C46H85NO9P+. The molecule has 10 nitrogen and oxygen atoms in total. The zero-order valence-corrected chi connectivity index (χ0v) is 37.8. The summed E-state index contributed by atoms with van der Waals surface area (Å²) >= 11 is 0. The Morgan fingerprint density at radius 1 is 0.632 bits per heavy atom. The lowest BCUT2D eigenvalue weighted by Crippen LogP contribution is -2.37. The Morgan fingerprint density at radius 2 is 1.18 bits per heavy atom. The highest BCUT2D eigenvalue weighted by molar-refractivity contribution is 7.47. The topological polar surface area (TPSA) is 129 Å². The Labute approximate surface area is 348 Å². The minimum atomic E-state index is -4.41. The van der Waals surface area contributed by atoms with Crippen LogP contribution in [-0.2, 0) is 32.7 Å². The van der Waals surface area contributed by atoms with Crippen LogP contribution in [0.3, 0.4) is 0 Å². The number of rotatable bonds is 40. The molecule has 0 saturated heterocycles. The fourth-order valence-electron chi connectivity index (χ4n) is 5.85. The van der Waals surface area contributed by atoms with Crippen molar-refractivity contribution >= 4 is 19.8 Å². The molecule has 0 fully saturated rings. The van der Waals surface area contributed by atoms with Gasteiger partial charge in [0.2, 0.25) is 0 Å². The van der Waals surface area contributed by atoms with Gasteiger partial charge in [0.15, 0.2) is 6.10 Å². The molecule has 0 spiro atoms. The summed E-state index contributed by atoms with van der Waals surface area (Å²) in [5.41, 5.74) is 0. The van der Waals surface area contributed by atoms with Gasteiger partial charge in [0.25, 0.3) is 0 Å². The van der Waals surface area contributed by atoms with Crippen LogP contribution in [0.4, 0.5) is 0 Å². The predicted molar refractivity (Wildman–Crippen MR) is 235 cm³/mol. The molecule has 0 saturated carbocycles. The van der Waals surface area contributed by atoms with Crippen LogP contribution in [0.15, 0.2) is 48.6 Å². The van der Waals surface area contributed by atoms with Crippen molar-refractivity contribution in [2.24, 2.45) is 0 Å². The van der Waals surface area contributed by atoms with Crippen molar-refractivity contribution in [3.05, 3.63) is 48.6 Å². The van der Waals surface area contributed by atoms with E-state index in [-0.39, 0.29) is 26.1 Å². The van der Waals surface area contributed by atoms with E-state index >= 15 is 0 Å². The molecule has 0 radical (unpaired) electrons. The lowest BCUT2D eigenvalue weighted by Gasteiger charge is -2.24. The Kier molecular flexibility index (Phi) is 36.8. The Balaban J connectivity index is 4.52. The van der Waals surface area contributed by atoms with E-state index in [1.165, 1.54) is 89.9 Å². The highest BCUT2D eigenvalue weighted by Crippen LogP contribution is 2.43. The third-order valence-electron chi connectivity index (χ3n) is 9.44. The van der Waals surface area contributed by atoms with Gasteiger partial charge in [0.05, 0.1) is 33.9 Å². The van der Waals surface area contributed by atoms with E-state index in [4.69, 9.17) is 18.5 Å². The monoisotopic (exact) mass is 827 g/mol. The molecule has 2 unspecified atom stereocenters. The van der Waals surface area contributed by atoms with Crippen LogP contribution in [0, 0.1) is 0 Å². The highest BCUT2D eigenvalue weighted by atomic mass is 31.2. The van der Waals surface area contributed by atoms with Crippen LogP contribution in [0.5, 0.6) is 0 Å². The standard InChI is InChI=1S/C46H84NO9P/c1-6-8-10-12-14-16-17-18-19-20-21-23-25-29-34-38-46(50)56-44(42-55-57(51,52)54-40-39-47(3,4)5)41-53-45(49)37-33-30-26-28-32-36-43(48)35-31-27-24-22-15-13-11-9-7-2/h15,22,26-28,31-32,36,43-44,48H,6-14,16-21,23-25,29-30,33-35,37-42H2,1-5H3/p+1/b22-15-,28-26+,31-27-,36-32-/t43?,44-/m1/s1. The van der Waals surface area contributed by atoms with Crippen molar-refractivity contribution in [2.75, 3.05) is 47.5 Å². The van der Waals surface area contributed by atoms with E-state index in [1.54, 1.807) is 12.2 Å². The SMILES string of the molecule is CCCCC/C=C\C/C=C\CC(O)/C=C\C=C\CCCC(=O)OC[C@H](COP(=O)(O)OCC[N+](C)(C)C)OC(=O)CCCCCCCCCCCCCCCCC. The van der Waals surface area contributed by atoms with E-state index in [0.29, 0.717) is 36.7 Å². The third kappa shape index (κ3) is 41.9. The van der Waals surface area contributed by atoms with Crippen molar-refractivity contribution in [1.82, 2.24) is 0 Å². The number of allylic oxidation sites excluding steroid dienone is 6. The molecule has 332 valence electrons. The Hall–Kier alpha value is -2.07. The molecule has 57 heavy (non-hydrogen) atoms. The van der Waals surface area contributed by atoms with Crippen LogP contribution >= 0.6 is 7.82 Å². The van der Waals surface area contributed by atoms with Crippen LogP contribution in [0.2, 0.25) is 0 Å². The maximum absolute atomic E-state index is 12.7. The van der Waals surface area contributed by atoms with E-state index in [1.807, 2.05) is 39.4 Å². The number of hydrogen-bond acceptors (Lipinski definition) is 8. The van der Waals surface area contributed by atoms with E-state index in [0.717, 1.165) is 32.1 Å². The normalized spacial score (nSPS) is 14.6. The summed E-state index contributed by atoms with van der Waals surface area (Å²) in [5.74, 6) is -0.926. The number of esters is 2. The number of quaternary nitrogens is 1. The number of carbonyl (C=O) groups excluding carboxylic acids is 2. The maximum atomic E-state index is 12.7. The van der Waals surface area contributed by atoms with Gasteiger partial charge in [0, 0.05) is 12.8 Å². The minimum Gasteiger partial charge on any atom is -0.462 e. The summed E-state index contributed by atoms with van der Waals surface area (Å²) in [6, 6.07) is 0. The number of carbonyl (C=O) groups is 2. The molecule has 0 aromatic heterocycles. The number of unbranched alkanes of at least 4 members (excludes halogenated alkanes) is 18. The summed E-state index contributed by atoms with van der Waals surface area (Å²) in [6.45, 7) is 4.23. The number of hydrogen-bond donors (Lipinski definition) is 2. The summed E-state index contributed by atoms with van der Waals surface area (Å²) in [6.07, 6.45) is 40.4. The second kappa shape index (κ2) is 38.2. The van der Waals surface area contributed by atoms with Crippen molar-refractivity contribution in [3.63, 3.8) is 0 Å². The van der Waals surface area contributed by atoms with Gasteiger partial charge in [0.1, 0.15) is 19.8 Å². The second-order valence-electron chi connectivity index (χ2n) is 16.3. The largest absolute Gasteiger partial charge is 0.472 e. The molecule has 0 rings (SSSR count). The minimum absolute atomic E-state index is 0.00936. The van der Waals surface area contributed by atoms with Gasteiger partial charge in [-0.25, -0.2) is 4.57 Å². The number of likely N-dealkylation sites (N-methyl/N-ethyl adjacent to an activating group) is 1. The van der Waals surface area contributed by atoms with Crippen molar-refractivity contribution < 1.29 is 47.2 Å². The summed E-state index contributed by atoms with van der Waals surface area (Å²) in [5, 5.41) is 10.1. The molecule has 0 heterocycles. The molecule has 0 aliphatic rings. The first-order valence-electron chi connectivity index (χ1n) is 22.5. The van der Waals surface area contributed by atoms with Gasteiger partial charge >= 0.3 is 19.8 Å². The lowest BCUT2D eigenvalue weighted by molar-refractivity contribution is -0.870. The summed E-state index contributed by atoms with van der Waals surface area (Å²) < 4.78 is 34.2. The van der Waals surface area contributed by atoms with Crippen molar-refractivity contribution in [3.8, 4) is 0 Å². The number of aliphatic hydroxyl groups excluding tert-OH is 1. The number of ether oxygens (including phenoxy) is 2. The van der Waals surface area contributed by atoms with Gasteiger partial charge in [-0.15, -0.1) is 0 Å². The van der Waals surface area contributed by atoms with Gasteiger partial charge in [-0.05, 0) is 44.9 Å². The first kappa shape index (κ1) is 54.9. The van der Waals surface area contributed by atoms with Crippen LogP contribution < -0.4 is 0 Å². The Morgan fingerprint density at radius 3 is 1.79 bits per heavy atom. The fourth-order valence-corrected chi connectivity index (χ4v) is 6.59. The van der Waals surface area contributed by atoms with Gasteiger partial charge in [-0.2, -0.15) is 0 Å².